The average molecular weight is 423 g/mol. The number of carbonyl (C=O) groups excluding carboxylic acids is 1. The van der Waals surface area contributed by atoms with Gasteiger partial charge in [-0.15, -0.1) is 0 Å². The zero-order valence-corrected chi connectivity index (χ0v) is 16.9. The van der Waals surface area contributed by atoms with Crippen molar-refractivity contribution < 1.29 is 9.53 Å². The molecule has 1 aromatic heterocycles. The molecule has 7 heteroatoms. The molecule has 0 radical (unpaired) electrons. The summed E-state index contributed by atoms with van der Waals surface area (Å²) in [5.74, 6) is 1.05. The third-order valence-corrected chi connectivity index (χ3v) is 6.74. The molecule has 0 bridgehead atoms. The maximum Gasteiger partial charge on any atom is 0.409 e. The van der Waals surface area contributed by atoms with Crippen molar-refractivity contribution in [2.45, 2.75) is 32.2 Å². The van der Waals surface area contributed by atoms with Crippen LogP contribution in [0.25, 0.3) is 0 Å². The van der Waals surface area contributed by atoms with Crippen LogP contribution in [0.2, 0.25) is 0 Å². The Bertz CT molecular complexity index is 657. The number of pyridine rings is 1. The van der Waals surface area contributed by atoms with Gasteiger partial charge in [0.15, 0.2) is 0 Å². The van der Waals surface area contributed by atoms with Crippen LogP contribution in [0, 0.1) is 5.41 Å². The van der Waals surface area contributed by atoms with Crippen molar-refractivity contribution in [3.05, 3.63) is 22.8 Å². The first-order valence-corrected chi connectivity index (χ1v) is 10.4. The molecule has 1 aromatic rings. The predicted molar refractivity (Wildman–Crippen MR) is 104 cm³/mol. The largest absolute Gasteiger partial charge is 0.450 e. The fourth-order valence-corrected chi connectivity index (χ4v) is 5.30. The van der Waals surface area contributed by atoms with E-state index in [1.165, 1.54) is 19.3 Å². The molecular formula is C19H27BrN4O2. The molecule has 4 rings (SSSR count). The highest BCUT2D eigenvalue weighted by Gasteiger charge is 2.51. The summed E-state index contributed by atoms with van der Waals surface area (Å²) in [4.78, 5) is 23.2. The fourth-order valence-electron chi connectivity index (χ4n) is 4.79. The molecule has 3 aliphatic rings. The monoisotopic (exact) mass is 422 g/mol. The number of carbonyl (C=O) groups is 1. The normalized spacial score (nSPS) is 25.4. The predicted octanol–water partition coefficient (Wildman–Crippen LogP) is 2.98. The molecule has 142 valence electrons. The minimum Gasteiger partial charge on any atom is -0.450 e. The Morgan fingerprint density at radius 3 is 2.81 bits per heavy atom. The number of hydrogen-bond donors (Lipinski definition) is 0. The standard InChI is InChI=1S/C19H27BrN4O2/c1-2-26-18(25)24-13-19(14-24)6-5-15(12-19)22-8-10-23(11-9-22)17-16(20)4-3-7-21-17/h3-4,7,15H,2,5-6,8-14H2,1H3/t15-/m1/s1. The zero-order valence-electron chi connectivity index (χ0n) is 15.4. The van der Waals surface area contributed by atoms with E-state index in [9.17, 15) is 4.79 Å². The summed E-state index contributed by atoms with van der Waals surface area (Å²) in [5, 5.41) is 0. The van der Waals surface area contributed by atoms with E-state index >= 15 is 0 Å². The molecule has 3 heterocycles. The molecule has 0 aromatic carbocycles. The molecule has 26 heavy (non-hydrogen) atoms. The highest BCUT2D eigenvalue weighted by molar-refractivity contribution is 9.10. The number of aromatic nitrogens is 1. The van der Waals surface area contributed by atoms with Crippen LogP contribution < -0.4 is 4.90 Å². The Balaban J connectivity index is 1.28. The molecule has 2 saturated heterocycles. The number of anilines is 1. The Hall–Kier alpha value is -1.34. The number of nitrogens with zero attached hydrogens (tertiary/aromatic N) is 4. The summed E-state index contributed by atoms with van der Waals surface area (Å²) in [6, 6.07) is 4.68. The maximum absolute atomic E-state index is 11.8. The molecular weight excluding hydrogens is 396 g/mol. The second kappa shape index (κ2) is 7.35. The first-order valence-electron chi connectivity index (χ1n) is 9.61. The van der Waals surface area contributed by atoms with Gasteiger partial charge in [-0.25, -0.2) is 9.78 Å². The summed E-state index contributed by atoms with van der Waals surface area (Å²) in [6.07, 6.45) is 5.43. The Labute approximate surface area is 163 Å². The fraction of sp³-hybridized carbons (Fsp3) is 0.684. The van der Waals surface area contributed by atoms with E-state index in [1.807, 2.05) is 24.1 Å². The number of likely N-dealkylation sites (tertiary alicyclic amines) is 1. The molecule has 6 nitrogen and oxygen atoms in total. The van der Waals surface area contributed by atoms with E-state index < -0.39 is 0 Å². The van der Waals surface area contributed by atoms with Crippen molar-refractivity contribution in [2.75, 3.05) is 50.8 Å². The summed E-state index contributed by atoms with van der Waals surface area (Å²) in [7, 11) is 0. The van der Waals surface area contributed by atoms with Gasteiger partial charge in [-0.05, 0) is 54.2 Å². The van der Waals surface area contributed by atoms with Crippen LogP contribution in [0.3, 0.4) is 0 Å². The van der Waals surface area contributed by atoms with Crippen molar-refractivity contribution in [2.24, 2.45) is 5.41 Å². The molecule has 2 aliphatic heterocycles. The van der Waals surface area contributed by atoms with Crippen molar-refractivity contribution in [1.29, 1.82) is 0 Å². The molecule has 0 N–H and O–H groups in total. The minimum atomic E-state index is -0.142. The van der Waals surface area contributed by atoms with Gasteiger partial charge in [0.2, 0.25) is 0 Å². The average Bonchev–Trinajstić information content (AvgIpc) is 3.07. The lowest BCUT2D eigenvalue weighted by Crippen LogP contribution is -2.58. The number of amides is 1. The van der Waals surface area contributed by atoms with E-state index in [1.54, 1.807) is 0 Å². The van der Waals surface area contributed by atoms with Gasteiger partial charge < -0.3 is 14.5 Å². The molecule has 1 spiro atoms. The van der Waals surface area contributed by atoms with E-state index in [2.05, 4.69) is 36.8 Å². The second-order valence-electron chi connectivity index (χ2n) is 7.78. The Morgan fingerprint density at radius 1 is 1.35 bits per heavy atom. The van der Waals surface area contributed by atoms with Gasteiger partial charge in [-0.1, -0.05) is 0 Å². The van der Waals surface area contributed by atoms with Gasteiger partial charge >= 0.3 is 6.09 Å². The van der Waals surface area contributed by atoms with Gasteiger partial charge in [0.05, 0.1) is 11.1 Å². The van der Waals surface area contributed by atoms with E-state index in [4.69, 9.17) is 4.74 Å². The number of piperazine rings is 1. The molecule has 1 aliphatic carbocycles. The lowest BCUT2D eigenvalue weighted by atomic mass is 9.78. The lowest BCUT2D eigenvalue weighted by Gasteiger charge is -2.48. The van der Waals surface area contributed by atoms with Gasteiger partial charge in [0, 0.05) is 56.9 Å². The summed E-state index contributed by atoms with van der Waals surface area (Å²) >= 11 is 3.61. The van der Waals surface area contributed by atoms with Crippen LogP contribution in [-0.4, -0.2) is 72.8 Å². The molecule has 3 fully saturated rings. The summed E-state index contributed by atoms with van der Waals surface area (Å²) < 4.78 is 6.19. The first kappa shape index (κ1) is 18.0. The van der Waals surface area contributed by atoms with Crippen molar-refractivity contribution in [1.82, 2.24) is 14.8 Å². The minimum absolute atomic E-state index is 0.142. The highest BCUT2D eigenvalue weighted by Crippen LogP contribution is 2.47. The van der Waals surface area contributed by atoms with Gasteiger partial charge in [-0.2, -0.15) is 0 Å². The number of hydrogen-bond acceptors (Lipinski definition) is 5. The topological polar surface area (TPSA) is 48.9 Å². The lowest BCUT2D eigenvalue weighted by molar-refractivity contribution is -0.00294. The van der Waals surface area contributed by atoms with Gasteiger partial charge in [0.1, 0.15) is 5.82 Å². The number of ether oxygens (including phenoxy) is 1. The maximum atomic E-state index is 11.8. The highest BCUT2D eigenvalue weighted by atomic mass is 79.9. The molecule has 1 saturated carbocycles. The quantitative estimate of drug-likeness (QED) is 0.748. The van der Waals surface area contributed by atoms with Crippen LogP contribution >= 0.6 is 15.9 Å². The van der Waals surface area contributed by atoms with Crippen molar-refractivity contribution >= 4 is 27.8 Å². The van der Waals surface area contributed by atoms with E-state index in [-0.39, 0.29) is 6.09 Å². The van der Waals surface area contributed by atoms with Crippen LogP contribution in [0.15, 0.2) is 22.8 Å². The van der Waals surface area contributed by atoms with Crippen LogP contribution in [-0.2, 0) is 4.74 Å². The van der Waals surface area contributed by atoms with Crippen molar-refractivity contribution in [3.63, 3.8) is 0 Å². The van der Waals surface area contributed by atoms with E-state index in [0.29, 0.717) is 18.1 Å². The van der Waals surface area contributed by atoms with Crippen LogP contribution in [0.1, 0.15) is 26.2 Å². The third-order valence-electron chi connectivity index (χ3n) is 6.12. The van der Waals surface area contributed by atoms with Gasteiger partial charge in [-0.3, -0.25) is 4.90 Å². The summed E-state index contributed by atoms with van der Waals surface area (Å²) in [6.45, 7) is 8.30. The second-order valence-corrected chi connectivity index (χ2v) is 8.64. The number of rotatable bonds is 3. The van der Waals surface area contributed by atoms with Crippen molar-refractivity contribution in [3.8, 4) is 0 Å². The van der Waals surface area contributed by atoms with Crippen LogP contribution in [0.5, 0.6) is 0 Å². The van der Waals surface area contributed by atoms with Gasteiger partial charge in [0.25, 0.3) is 0 Å². The van der Waals surface area contributed by atoms with Crippen LogP contribution in [0.4, 0.5) is 10.6 Å². The Kier molecular flexibility index (Phi) is 5.10. The summed E-state index contributed by atoms with van der Waals surface area (Å²) in [5.41, 5.74) is 0.346. The third kappa shape index (κ3) is 3.43. The zero-order chi connectivity index (χ0) is 18.1. The first-order chi connectivity index (χ1) is 12.6. The smallest absolute Gasteiger partial charge is 0.409 e. The molecule has 0 unspecified atom stereocenters. The van der Waals surface area contributed by atoms with E-state index in [0.717, 1.165) is 49.6 Å². The number of halogens is 1. The Morgan fingerprint density at radius 2 is 2.12 bits per heavy atom. The molecule has 1 amide bonds. The SMILES string of the molecule is CCOC(=O)N1CC2(CC[C@@H](N3CCN(c4ncccc4Br)CC3)C2)C1. The molecule has 1 atom stereocenters.